The van der Waals surface area contributed by atoms with Crippen molar-refractivity contribution in [2.45, 2.75) is 6.18 Å². The molecule has 0 saturated heterocycles. The van der Waals surface area contributed by atoms with E-state index in [0.717, 1.165) is 0 Å². The van der Waals surface area contributed by atoms with Crippen LogP contribution in [0.15, 0.2) is 22.7 Å². The molecule has 0 fully saturated rings. The van der Waals surface area contributed by atoms with Crippen molar-refractivity contribution in [3.63, 3.8) is 0 Å². The second-order valence-electron chi connectivity index (χ2n) is 3.91. The van der Waals surface area contributed by atoms with E-state index >= 15 is 0 Å². The molecule has 1 amide bonds. The lowest BCUT2D eigenvalue weighted by molar-refractivity contribution is -0.149. The van der Waals surface area contributed by atoms with Crippen LogP contribution >= 0.6 is 15.9 Å². The molecule has 1 aromatic rings. The molecule has 1 aromatic carbocycles. The van der Waals surface area contributed by atoms with Crippen molar-refractivity contribution in [3.05, 3.63) is 28.2 Å². The van der Waals surface area contributed by atoms with Crippen LogP contribution in [-0.4, -0.2) is 41.1 Å². The van der Waals surface area contributed by atoms with Crippen LogP contribution in [0.4, 0.5) is 18.9 Å². The van der Waals surface area contributed by atoms with E-state index in [-0.39, 0.29) is 10.5 Å². The molecule has 0 aliphatic carbocycles. The number of hydrogen-bond donors (Lipinski definition) is 2. The van der Waals surface area contributed by atoms with E-state index in [1.807, 2.05) is 0 Å². The Balaban J connectivity index is 3.02. The third kappa shape index (κ3) is 4.72. The number of nitrogen functional groups attached to an aromatic ring is 1. The maximum Gasteiger partial charge on any atom is 0.406 e. The highest BCUT2D eigenvalue weighted by Gasteiger charge is 2.34. The predicted octanol–water partition coefficient (Wildman–Crippen LogP) is 2.12. The molecular formula is C11H10BrF3N2O3. The number of nitrogens with two attached hydrogens (primary N) is 1. The quantitative estimate of drug-likeness (QED) is 0.811. The Morgan fingerprint density at radius 1 is 1.35 bits per heavy atom. The van der Waals surface area contributed by atoms with Crippen LogP contribution in [0.25, 0.3) is 0 Å². The minimum atomic E-state index is -4.68. The van der Waals surface area contributed by atoms with Gasteiger partial charge in [-0.05, 0) is 34.1 Å². The third-order valence-corrected chi connectivity index (χ3v) is 2.92. The van der Waals surface area contributed by atoms with Crippen molar-refractivity contribution in [2.24, 2.45) is 0 Å². The maximum atomic E-state index is 12.4. The largest absolute Gasteiger partial charge is 0.480 e. The van der Waals surface area contributed by atoms with Gasteiger partial charge in [-0.3, -0.25) is 9.59 Å². The Morgan fingerprint density at radius 3 is 2.40 bits per heavy atom. The molecule has 0 aliphatic heterocycles. The Labute approximate surface area is 120 Å². The lowest BCUT2D eigenvalue weighted by Gasteiger charge is -2.22. The molecule has 0 aliphatic rings. The lowest BCUT2D eigenvalue weighted by Crippen LogP contribution is -2.42. The number of aliphatic carboxylic acids is 1. The molecule has 110 valence electrons. The number of alkyl halides is 3. The molecule has 3 N–H and O–H groups in total. The van der Waals surface area contributed by atoms with Gasteiger partial charge in [0.25, 0.3) is 5.91 Å². The number of carboxylic acids is 1. The Hall–Kier alpha value is -1.77. The fraction of sp³-hybridized carbons (Fsp3) is 0.273. The average molecular weight is 355 g/mol. The summed E-state index contributed by atoms with van der Waals surface area (Å²) in [6.45, 7) is -2.68. The number of anilines is 1. The number of hydrogen-bond acceptors (Lipinski definition) is 3. The summed E-state index contributed by atoms with van der Waals surface area (Å²) in [5, 5.41) is 8.58. The number of rotatable bonds is 4. The fourth-order valence-electron chi connectivity index (χ4n) is 1.42. The van der Waals surface area contributed by atoms with E-state index in [4.69, 9.17) is 10.8 Å². The van der Waals surface area contributed by atoms with E-state index in [9.17, 15) is 22.8 Å². The highest BCUT2D eigenvalue weighted by Crippen LogP contribution is 2.23. The summed E-state index contributed by atoms with van der Waals surface area (Å²) in [7, 11) is 0. The topological polar surface area (TPSA) is 83.6 Å². The molecule has 0 spiro atoms. The van der Waals surface area contributed by atoms with Gasteiger partial charge < -0.3 is 15.7 Å². The molecular weight excluding hydrogens is 345 g/mol. The molecule has 0 unspecified atom stereocenters. The van der Waals surface area contributed by atoms with E-state index in [2.05, 4.69) is 15.9 Å². The van der Waals surface area contributed by atoms with Crippen molar-refractivity contribution in [3.8, 4) is 0 Å². The molecule has 20 heavy (non-hydrogen) atoms. The van der Waals surface area contributed by atoms with Crippen molar-refractivity contribution in [1.29, 1.82) is 0 Å². The molecule has 0 saturated carbocycles. The number of benzene rings is 1. The van der Waals surface area contributed by atoms with Gasteiger partial charge in [-0.2, -0.15) is 13.2 Å². The van der Waals surface area contributed by atoms with Crippen molar-refractivity contribution >= 4 is 33.5 Å². The summed E-state index contributed by atoms with van der Waals surface area (Å²) in [4.78, 5) is 22.7. The first-order valence-corrected chi connectivity index (χ1v) is 6.02. The second-order valence-corrected chi connectivity index (χ2v) is 4.76. The van der Waals surface area contributed by atoms with Crippen molar-refractivity contribution in [1.82, 2.24) is 4.90 Å². The van der Waals surface area contributed by atoms with Gasteiger partial charge in [-0.15, -0.1) is 0 Å². The Kier molecular flexibility index (Phi) is 4.98. The average Bonchev–Trinajstić information content (AvgIpc) is 2.28. The lowest BCUT2D eigenvalue weighted by atomic mass is 10.2. The first-order chi connectivity index (χ1) is 9.10. The summed E-state index contributed by atoms with van der Waals surface area (Å²) >= 11 is 3.04. The molecule has 9 heteroatoms. The standard InChI is InChI=1S/C11H10BrF3N2O3/c12-7-3-6(1-2-8(7)16)10(20)17(4-9(18)19)5-11(13,14)15/h1-3H,4-5,16H2,(H,18,19). The zero-order chi connectivity index (χ0) is 15.5. The molecule has 0 atom stereocenters. The number of nitrogens with zero attached hydrogens (tertiary/aromatic N) is 1. The van der Waals surface area contributed by atoms with Crippen LogP contribution in [0.1, 0.15) is 10.4 Å². The molecule has 0 heterocycles. The summed E-state index contributed by atoms with van der Waals surface area (Å²) < 4.78 is 37.4. The van der Waals surface area contributed by atoms with Gasteiger partial charge >= 0.3 is 12.1 Å². The van der Waals surface area contributed by atoms with Gasteiger partial charge in [0.2, 0.25) is 0 Å². The van der Waals surface area contributed by atoms with Crippen LogP contribution in [0.5, 0.6) is 0 Å². The van der Waals surface area contributed by atoms with E-state index in [1.54, 1.807) is 0 Å². The van der Waals surface area contributed by atoms with E-state index < -0.39 is 31.1 Å². The second kappa shape index (κ2) is 6.12. The molecule has 5 nitrogen and oxygen atoms in total. The van der Waals surface area contributed by atoms with Crippen LogP contribution in [0, 0.1) is 0 Å². The first-order valence-electron chi connectivity index (χ1n) is 5.23. The summed E-state index contributed by atoms with van der Waals surface area (Å²) in [5.41, 5.74) is 5.72. The van der Waals surface area contributed by atoms with Gasteiger partial charge in [0.1, 0.15) is 13.1 Å². The highest BCUT2D eigenvalue weighted by atomic mass is 79.9. The molecule has 0 bridgehead atoms. The Morgan fingerprint density at radius 2 is 1.95 bits per heavy atom. The van der Waals surface area contributed by atoms with Gasteiger partial charge in [0, 0.05) is 15.7 Å². The predicted molar refractivity (Wildman–Crippen MR) is 68.1 cm³/mol. The first kappa shape index (κ1) is 16.3. The number of carbonyl (C=O) groups is 2. The summed E-state index contributed by atoms with van der Waals surface area (Å²) in [6, 6.07) is 3.81. The van der Waals surface area contributed by atoms with Crippen molar-refractivity contribution < 1.29 is 27.9 Å². The van der Waals surface area contributed by atoms with Crippen LogP contribution < -0.4 is 5.73 Å². The summed E-state index contributed by atoms with van der Waals surface area (Å²) in [6.07, 6.45) is -4.68. The fourth-order valence-corrected chi connectivity index (χ4v) is 1.80. The molecule has 1 rings (SSSR count). The minimum Gasteiger partial charge on any atom is -0.480 e. The van der Waals surface area contributed by atoms with Gasteiger partial charge in [-0.25, -0.2) is 0 Å². The number of carbonyl (C=O) groups excluding carboxylic acids is 1. The molecule has 0 radical (unpaired) electrons. The van der Waals surface area contributed by atoms with Crippen LogP contribution in [-0.2, 0) is 4.79 Å². The smallest absolute Gasteiger partial charge is 0.406 e. The molecule has 0 aromatic heterocycles. The highest BCUT2D eigenvalue weighted by molar-refractivity contribution is 9.10. The number of halogens is 4. The SMILES string of the molecule is Nc1ccc(C(=O)N(CC(=O)O)CC(F)(F)F)cc1Br. The zero-order valence-corrected chi connectivity index (χ0v) is 11.5. The van der Waals surface area contributed by atoms with E-state index in [1.165, 1.54) is 18.2 Å². The number of amides is 1. The number of carboxylic acid groups (broad SMARTS) is 1. The Bertz CT molecular complexity index is 534. The van der Waals surface area contributed by atoms with Crippen LogP contribution in [0.3, 0.4) is 0 Å². The zero-order valence-electron chi connectivity index (χ0n) is 9.95. The maximum absolute atomic E-state index is 12.4. The van der Waals surface area contributed by atoms with Crippen molar-refractivity contribution in [2.75, 3.05) is 18.8 Å². The minimum absolute atomic E-state index is 0.0865. The van der Waals surface area contributed by atoms with Gasteiger partial charge in [-0.1, -0.05) is 0 Å². The van der Waals surface area contributed by atoms with Gasteiger partial charge in [0.05, 0.1) is 0 Å². The third-order valence-electron chi connectivity index (χ3n) is 2.23. The monoisotopic (exact) mass is 354 g/mol. The van der Waals surface area contributed by atoms with Gasteiger partial charge in [0.15, 0.2) is 0 Å². The summed E-state index contributed by atoms with van der Waals surface area (Å²) in [5.74, 6) is -2.57. The normalized spacial score (nSPS) is 11.2. The van der Waals surface area contributed by atoms with Crippen LogP contribution in [0.2, 0.25) is 0 Å². The van der Waals surface area contributed by atoms with E-state index in [0.29, 0.717) is 10.2 Å².